The maximum atomic E-state index is 11.8. The summed E-state index contributed by atoms with van der Waals surface area (Å²) in [5.41, 5.74) is 1.08. The van der Waals surface area contributed by atoms with Crippen LogP contribution < -0.4 is 10.2 Å². The monoisotopic (exact) mass is 381 g/mol. The average Bonchev–Trinajstić information content (AvgIpc) is 3.01. The Hall–Kier alpha value is -1.76. The lowest BCUT2D eigenvalue weighted by molar-refractivity contribution is 0.0509. The number of rotatable bonds is 2. The zero-order valence-electron chi connectivity index (χ0n) is 13.4. The molecule has 1 aromatic carbocycles. The molecule has 1 aliphatic heterocycles. The molecule has 0 aliphatic carbocycles. The summed E-state index contributed by atoms with van der Waals surface area (Å²) >= 11 is 3.42. The fourth-order valence-electron chi connectivity index (χ4n) is 2.55. The first kappa shape index (κ1) is 16.1. The predicted octanol–water partition coefficient (Wildman–Crippen LogP) is 3.69. The molecule has 0 spiro atoms. The molecule has 0 bridgehead atoms. The molecule has 1 aromatic heterocycles. The lowest BCUT2D eigenvalue weighted by Gasteiger charge is -2.21. The van der Waals surface area contributed by atoms with Gasteiger partial charge >= 0.3 is 6.09 Å². The van der Waals surface area contributed by atoms with Crippen LogP contribution in [0.1, 0.15) is 27.2 Å². The molecule has 0 unspecified atom stereocenters. The number of nitrogens with zero attached hydrogens (tertiary/aromatic N) is 2. The number of alkyl carbamates (subject to hydrolysis) is 1. The summed E-state index contributed by atoms with van der Waals surface area (Å²) in [6, 6.07) is 6.38. The van der Waals surface area contributed by atoms with Gasteiger partial charge in [-0.1, -0.05) is 15.9 Å². The Morgan fingerprint density at radius 2 is 2.26 bits per heavy atom. The Kier molecular flexibility index (Phi) is 4.23. The number of hydrogen-bond acceptors (Lipinski definition) is 5. The minimum absolute atomic E-state index is 0.0339. The van der Waals surface area contributed by atoms with Crippen LogP contribution in [0.25, 0.3) is 11.1 Å². The summed E-state index contributed by atoms with van der Waals surface area (Å²) in [5.74, 6) is 0. The second-order valence-electron chi connectivity index (χ2n) is 6.69. The van der Waals surface area contributed by atoms with E-state index >= 15 is 0 Å². The molecule has 7 heteroatoms. The van der Waals surface area contributed by atoms with Gasteiger partial charge in [0.05, 0.1) is 6.04 Å². The first-order valence-electron chi connectivity index (χ1n) is 7.61. The Bertz CT molecular complexity index is 723. The normalized spacial score (nSPS) is 18.4. The number of anilines is 1. The van der Waals surface area contributed by atoms with E-state index in [0.717, 1.165) is 28.5 Å². The third-order valence-electron chi connectivity index (χ3n) is 3.52. The van der Waals surface area contributed by atoms with E-state index in [4.69, 9.17) is 9.15 Å². The molecule has 2 heterocycles. The third-order valence-corrected chi connectivity index (χ3v) is 4.01. The van der Waals surface area contributed by atoms with Gasteiger partial charge in [0.2, 0.25) is 0 Å². The van der Waals surface area contributed by atoms with Crippen molar-refractivity contribution in [3.05, 3.63) is 22.7 Å². The van der Waals surface area contributed by atoms with Gasteiger partial charge in [-0.2, -0.15) is 4.98 Å². The molecule has 2 aromatic rings. The smallest absolute Gasteiger partial charge is 0.407 e. The highest BCUT2D eigenvalue weighted by atomic mass is 79.9. The molecule has 1 atom stereocenters. The fourth-order valence-corrected chi connectivity index (χ4v) is 2.89. The Balaban J connectivity index is 1.63. The fraction of sp³-hybridized carbons (Fsp3) is 0.500. The van der Waals surface area contributed by atoms with Crippen molar-refractivity contribution in [2.45, 2.75) is 38.8 Å². The van der Waals surface area contributed by atoms with Crippen molar-refractivity contribution in [2.75, 3.05) is 18.0 Å². The molecule has 0 saturated carbocycles. The van der Waals surface area contributed by atoms with Crippen LogP contribution in [-0.2, 0) is 4.74 Å². The lowest BCUT2D eigenvalue weighted by Crippen LogP contribution is -2.40. The minimum Gasteiger partial charge on any atom is -0.444 e. The van der Waals surface area contributed by atoms with Crippen molar-refractivity contribution in [3.8, 4) is 0 Å². The molecule has 3 rings (SSSR count). The zero-order chi connectivity index (χ0) is 16.6. The van der Waals surface area contributed by atoms with Gasteiger partial charge in [0.15, 0.2) is 5.58 Å². The van der Waals surface area contributed by atoms with Gasteiger partial charge in [-0.25, -0.2) is 4.79 Å². The maximum Gasteiger partial charge on any atom is 0.407 e. The van der Waals surface area contributed by atoms with Crippen molar-refractivity contribution in [1.29, 1.82) is 0 Å². The highest BCUT2D eigenvalue weighted by Crippen LogP contribution is 2.27. The number of oxazole rings is 1. The number of carbonyl (C=O) groups is 1. The quantitative estimate of drug-likeness (QED) is 0.858. The van der Waals surface area contributed by atoms with Gasteiger partial charge in [-0.15, -0.1) is 0 Å². The summed E-state index contributed by atoms with van der Waals surface area (Å²) in [6.45, 7) is 7.00. The van der Waals surface area contributed by atoms with E-state index in [0.29, 0.717) is 12.6 Å². The van der Waals surface area contributed by atoms with Crippen LogP contribution in [0.3, 0.4) is 0 Å². The van der Waals surface area contributed by atoms with Crippen LogP contribution >= 0.6 is 15.9 Å². The Morgan fingerprint density at radius 1 is 1.48 bits per heavy atom. The van der Waals surface area contributed by atoms with E-state index < -0.39 is 5.60 Å². The van der Waals surface area contributed by atoms with Gasteiger partial charge in [0.1, 0.15) is 11.1 Å². The van der Waals surface area contributed by atoms with Crippen LogP contribution in [0.4, 0.5) is 10.8 Å². The largest absolute Gasteiger partial charge is 0.444 e. The molecule has 0 radical (unpaired) electrons. The summed E-state index contributed by atoms with van der Waals surface area (Å²) in [5, 5.41) is 2.90. The van der Waals surface area contributed by atoms with Crippen LogP contribution in [0.5, 0.6) is 0 Å². The highest BCUT2D eigenvalue weighted by Gasteiger charge is 2.28. The number of nitrogens with one attached hydrogen (secondary N) is 1. The molecule has 1 fully saturated rings. The summed E-state index contributed by atoms with van der Waals surface area (Å²) in [7, 11) is 0. The number of halogens is 1. The predicted molar refractivity (Wildman–Crippen MR) is 91.7 cm³/mol. The second kappa shape index (κ2) is 6.03. The SMILES string of the molecule is CC(C)(C)OC(=O)N[C@H]1CCN(c2nc3ccc(Br)cc3o2)C1. The number of benzene rings is 1. The van der Waals surface area contributed by atoms with Crippen LogP contribution in [0, 0.1) is 0 Å². The van der Waals surface area contributed by atoms with Crippen molar-refractivity contribution < 1.29 is 13.9 Å². The van der Waals surface area contributed by atoms with E-state index in [1.807, 2.05) is 43.9 Å². The van der Waals surface area contributed by atoms with E-state index in [1.54, 1.807) is 0 Å². The Morgan fingerprint density at radius 3 is 3.00 bits per heavy atom. The standard InChI is InChI=1S/C16H20BrN3O3/c1-16(2,3)23-15(21)18-11-6-7-20(9-11)14-19-12-5-4-10(17)8-13(12)22-14/h4-5,8,11H,6-7,9H2,1-3H3,(H,18,21)/t11-/m0/s1. The van der Waals surface area contributed by atoms with Crippen LogP contribution in [-0.4, -0.2) is 35.8 Å². The Labute approximate surface area is 143 Å². The number of carbonyl (C=O) groups excluding carboxylic acids is 1. The number of hydrogen-bond donors (Lipinski definition) is 1. The molecule has 1 amide bonds. The van der Waals surface area contributed by atoms with E-state index in [2.05, 4.69) is 26.2 Å². The summed E-state index contributed by atoms with van der Waals surface area (Å²) in [4.78, 5) is 18.4. The highest BCUT2D eigenvalue weighted by molar-refractivity contribution is 9.10. The topological polar surface area (TPSA) is 67.6 Å². The number of amides is 1. The maximum absolute atomic E-state index is 11.8. The summed E-state index contributed by atoms with van der Waals surface area (Å²) in [6.07, 6.45) is 0.452. The third kappa shape index (κ3) is 3.96. The molecule has 23 heavy (non-hydrogen) atoms. The first-order valence-corrected chi connectivity index (χ1v) is 8.40. The molecular weight excluding hydrogens is 362 g/mol. The molecular formula is C16H20BrN3O3. The van der Waals surface area contributed by atoms with E-state index in [1.165, 1.54) is 0 Å². The van der Waals surface area contributed by atoms with Crippen LogP contribution in [0.2, 0.25) is 0 Å². The molecule has 6 nitrogen and oxygen atoms in total. The molecule has 1 saturated heterocycles. The number of fused-ring (bicyclic) bond motifs is 1. The van der Waals surface area contributed by atoms with Gasteiger partial charge in [0, 0.05) is 17.6 Å². The summed E-state index contributed by atoms with van der Waals surface area (Å²) < 4.78 is 12.1. The molecule has 1 aliphatic rings. The van der Waals surface area contributed by atoms with Crippen molar-refractivity contribution in [3.63, 3.8) is 0 Å². The van der Waals surface area contributed by atoms with Crippen molar-refractivity contribution in [2.24, 2.45) is 0 Å². The minimum atomic E-state index is -0.490. The van der Waals surface area contributed by atoms with Gasteiger partial charge < -0.3 is 19.4 Å². The van der Waals surface area contributed by atoms with Gasteiger partial charge in [0.25, 0.3) is 6.01 Å². The number of ether oxygens (including phenoxy) is 1. The zero-order valence-corrected chi connectivity index (χ0v) is 15.0. The number of aromatic nitrogens is 1. The first-order chi connectivity index (χ1) is 10.8. The van der Waals surface area contributed by atoms with Crippen molar-refractivity contribution in [1.82, 2.24) is 10.3 Å². The van der Waals surface area contributed by atoms with Crippen LogP contribution in [0.15, 0.2) is 27.1 Å². The second-order valence-corrected chi connectivity index (χ2v) is 7.60. The van der Waals surface area contributed by atoms with E-state index in [9.17, 15) is 4.79 Å². The van der Waals surface area contributed by atoms with Gasteiger partial charge in [-0.05, 0) is 45.4 Å². The molecule has 124 valence electrons. The molecule has 1 N–H and O–H groups in total. The van der Waals surface area contributed by atoms with E-state index in [-0.39, 0.29) is 12.1 Å². The average molecular weight is 382 g/mol. The van der Waals surface area contributed by atoms with Crippen molar-refractivity contribution >= 4 is 39.1 Å². The van der Waals surface area contributed by atoms with Gasteiger partial charge in [-0.3, -0.25) is 0 Å². The lowest BCUT2D eigenvalue weighted by atomic mass is 10.2.